The second kappa shape index (κ2) is 12.6. The van der Waals surface area contributed by atoms with Crippen LogP contribution in [0.15, 0.2) is 42.5 Å². The van der Waals surface area contributed by atoms with E-state index < -0.39 is 62.4 Å². The van der Waals surface area contributed by atoms with Crippen molar-refractivity contribution < 1.29 is 32.3 Å². The van der Waals surface area contributed by atoms with Crippen molar-refractivity contribution in [1.82, 2.24) is 15.1 Å². The predicted octanol–water partition coefficient (Wildman–Crippen LogP) is 3.48. The number of anilines is 1. The van der Waals surface area contributed by atoms with Crippen LogP contribution in [0, 0.1) is 5.92 Å². The third kappa shape index (κ3) is 6.81. The molecule has 1 aliphatic carbocycles. The molecule has 13 heteroatoms. The van der Waals surface area contributed by atoms with E-state index in [-0.39, 0.29) is 19.4 Å². The van der Waals surface area contributed by atoms with Crippen LogP contribution in [0.1, 0.15) is 72.1 Å². The summed E-state index contributed by atoms with van der Waals surface area (Å²) in [7, 11) is -2.61. The molecule has 3 N–H and O–H groups in total. The Kier molecular flexibility index (Phi) is 9.43. The SMILES string of the molecule is CN(c1ccccc1)S(=O)(=O)[C@]12C[C@H]1/C=C\CCCCC[C@H](N(C(N)=O)C(=O)OC(C)(C)C)C(=O)N1CCC[C@H]1C(=O)N2. The van der Waals surface area contributed by atoms with Crippen molar-refractivity contribution in [3.05, 3.63) is 42.5 Å². The summed E-state index contributed by atoms with van der Waals surface area (Å²) in [5.41, 5.74) is 5.14. The number of hydrogen-bond acceptors (Lipinski definition) is 7. The minimum Gasteiger partial charge on any atom is -0.443 e. The first-order chi connectivity index (χ1) is 20.2. The van der Waals surface area contributed by atoms with Crippen molar-refractivity contribution in [2.45, 2.75) is 94.7 Å². The Hall–Kier alpha value is -3.61. The van der Waals surface area contributed by atoms with E-state index in [4.69, 9.17) is 10.5 Å². The number of amides is 5. The molecule has 2 fully saturated rings. The van der Waals surface area contributed by atoms with Crippen molar-refractivity contribution in [2.24, 2.45) is 11.7 Å². The van der Waals surface area contributed by atoms with Crippen LogP contribution < -0.4 is 15.4 Å². The molecular formula is C30H43N5O7S. The highest BCUT2D eigenvalue weighted by atomic mass is 32.2. The van der Waals surface area contributed by atoms with E-state index in [1.54, 1.807) is 51.1 Å². The standard InChI is InChI=1S/C30H43N5O7S/c1-29(2,3)42-28(39)35(27(31)38)24-17-12-7-5-6-9-14-21-20-30(21,32-25(36)23-18-13-19-34(23)26(24)37)43(40,41)33(4)22-15-10-8-11-16-22/h8-11,14-16,21,23-24H,5-7,12-13,17-20H2,1-4H3,(H2,31,38)(H,32,36)/b14-9-/t21-,23+,24+,30-/m1/s1. The second-order valence-electron chi connectivity index (χ2n) is 12.5. The Bertz CT molecular complexity index is 1360. The molecule has 5 amide bonds. The monoisotopic (exact) mass is 617 g/mol. The molecular weight excluding hydrogens is 574 g/mol. The molecule has 3 aliphatic rings. The largest absolute Gasteiger partial charge is 0.443 e. The van der Waals surface area contributed by atoms with Crippen LogP contribution in [0.3, 0.4) is 0 Å². The second-order valence-corrected chi connectivity index (χ2v) is 14.7. The molecule has 1 saturated heterocycles. The number of nitrogens with zero attached hydrogens (tertiary/aromatic N) is 3. The minimum atomic E-state index is -4.08. The van der Waals surface area contributed by atoms with Gasteiger partial charge >= 0.3 is 12.1 Å². The average Bonchev–Trinajstić information content (AvgIpc) is 3.41. The Labute approximate surface area is 253 Å². The zero-order valence-corrected chi connectivity index (χ0v) is 26.1. The number of sulfonamides is 1. The maximum atomic E-state index is 14.0. The fourth-order valence-electron chi connectivity index (χ4n) is 5.89. The number of allylic oxidation sites excluding steroid dienone is 1. The third-order valence-corrected chi connectivity index (χ3v) is 10.6. The van der Waals surface area contributed by atoms with Gasteiger partial charge in [-0.25, -0.2) is 22.9 Å². The van der Waals surface area contributed by atoms with Crippen LogP contribution in [0.25, 0.3) is 0 Å². The molecule has 1 aromatic rings. The molecule has 43 heavy (non-hydrogen) atoms. The molecule has 236 valence electrons. The van der Waals surface area contributed by atoms with Crippen molar-refractivity contribution in [2.75, 3.05) is 17.9 Å². The van der Waals surface area contributed by atoms with E-state index in [0.29, 0.717) is 42.7 Å². The number of para-hydroxylation sites is 1. The lowest BCUT2D eigenvalue weighted by atomic mass is 10.0. The fraction of sp³-hybridized carbons (Fsp3) is 0.600. The predicted molar refractivity (Wildman–Crippen MR) is 161 cm³/mol. The van der Waals surface area contributed by atoms with Crippen molar-refractivity contribution in [1.29, 1.82) is 0 Å². The lowest BCUT2D eigenvalue weighted by molar-refractivity contribution is -0.142. The summed E-state index contributed by atoms with van der Waals surface area (Å²) in [6.45, 7) is 5.13. The zero-order valence-electron chi connectivity index (χ0n) is 25.3. The summed E-state index contributed by atoms with van der Waals surface area (Å²) in [5.74, 6) is -1.63. The number of nitrogens with two attached hydrogens (primary N) is 1. The number of carbonyl (C=O) groups is 4. The van der Waals surface area contributed by atoms with Crippen LogP contribution in [-0.2, 0) is 24.3 Å². The van der Waals surface area contributed by atoms with E-state index >= 15 is 0 Å². The Morgan fingerprint density at radius 1 is 1.07 bits per heavy atom. The number of imide groups is 1. The number of nitrogens with one attached hydrogen (secondary N) is 1. The molecule has 4 rings (SSSR count). The highest BCUT2D eigenvalue weighted by molar-refractivity contribution is 7.94. The Morgan fingerprint density at radius 3 is 2.42 bits per heavy atom. The van der Waals surface area contributed by atoms with Crippen molar-refractivity contribution >= 4 is 39.6 Å². The molecule has 1 aromatic carbocycles. The zero-order chi connectivity index (χ0) is 31.6. The van der Waals surface area contributed by atoms with Gasteiger partial charge in [-0.2, -0.15) is 0 Å². The van der Waals surface area contributed by atoms with Crippen molar-refractivity contribution in [3.63, 3.8) is 0 Å². The quantitative estimate of drug-likeness (QED) is 0.489. The lowest BCUT2D eigenvalue weighted by Gasteiger charge is -2.35. The number of ether oxygens (including phenoxy) is 1. The maximum absolute atomic E-state index is 14.0. The van der Waals surface area contributed by atoms with E-state index in [9.17, 15) is 27.6 Å². The van der Waals surface area contributed by atoms with Gasteiger partial charge in [0.25, 0.3) is 10.0 Å². The van der Waals surface area contributed by atoms with Gasteiger partial charge in [-0.05, 0) is 71.4 Å². The number of hydrogen-bond donors (Lipinski definition) is 2. The summed E-state index contributed by atoms with van der Waals surface area (Å²) in [6.07, 6.45) is 6.52. The average molecular weight is 618 g/mol. The molecule has 0 aromatic heterocycles. The van der Waals surface area contributed by atoms with Crippen LogP contribution in [-0.4, -0.2) is 78.3 Å². The van der Waals surface area contributed by atoms with Gasteiger partial charge < -0.3 is 20.7 Å². The van der Waals surface area contributed by atoms with Crippen LogP contribution in [0.2, 0.25) is 0 Å². The number of fused-ring (bicyclic) bond motifs is 2. The van der Waals surface area contributed by atoms with Crippen LogP contribution in [0.4, 0.5) is 15.3 Å². The van der Waals surface area contributed by atoms with E-state index in [0.717, 1.165) is 6.42 Å². The highest BCUT2D eigenvalue weighted by Gasteiger charge is 2.66. The van der Waals surface area contributed by atoms with Crippen LogP contribution >= 0.6 is 0 Å². The smallest absolute Gasteiger partial charge is 0.419 e. The van der Waals surface area contributed by atoms with Gasteiger partial charge in [0.15, 0.2) is 4.87 Å². The number of rotatable bonds is 4. The first kappa shape index (κ1) is 32.3. The van der Waals surface area contributed by atoms with Gasteiger partial charge in [0.1, 0.15) is 17.7 Å². The molecule has 0 unspecified atom stereocenters. The van der Waals surface area contributed by atoms with Gasteiger partial charge in [-0.3, -0.25) is 13.9 Å². The number of benzene rings is 1. The molecule has 0 spiro atoms. The first-order valence-electron chi connectivity index (χ1n) is 14.8. The van der Waals surface area contributed by atoms with Crippen LogP contribution in [0.5, 0.6) is 0 Å². The van der Waals surface area contributed by atoms with Crippen molar-refractivity contribution in [3.8, 4) is 0 Å². The van der Waals surface area contributed by atoms with E-state index in [1.165, 1.54) is 16.3 Å². The Balaban J connectivity index is 1.67. The van der Waals surface area contributed by atoms with Gasteiger partial charge in [0.05, 0.1) is 5.69 Å². The van der Waals surface area contributed by atoms with Gasteiger partial charge in [0.2, 0.25) is 11.8 Å². The van der Waals surface area contributed by atoms with Gasteiger partial charge in [-0.1, -0.05) is 43.2 Å². The topological polar surface area (TPSA) is 159 Å². The molecule has 4 atom stereocenters. The molecule has 1 saturated carbocycles. The molecule has 2 aliphatic heterocycles. The first-order valence-corrected chi connectivity index (χ1v) is 16.3. The van der Waals surface area contributed by atoms with Gasteiger partial charge in [-0.15, -0.1) is 0 Å². The van der Waals surface area contributed by atoms with E-state index in [1.807, 2.05) is 12.2 Å². The lowest BCUT2D eigenvalue weighted by Crippen LogP contribution is -2.59. The fourth-order valence-corrected chi connectivity index (χ4v) is 7.85. The number of urea groups is 1. The summed E-state index contributed by atoms with van der Waals surface area (Å²) >= 11 is 0. The summed E-state index contributed by atoms with van der Waals surface area (Å²) in [5, 5.41) is 2.83. The summed E-state index contributed by atoms with van der Waals surface area (Å²) in [4.78, 5) is 53.9. The summed E-state index contributed by atoms with van der Waals surface area (Å²) < 4.78 is 34.7. The molecule has 12 nitrogen and oxygen atoms in total. The molecule has 0 bridgehead atoms. The number of carbonyl (C=O) groups excluding carboxylic acids is 4. The highest BCUT2D eigenvalue weighted by Crippen LogP contribution is 2.51. The Morgan fingerprint density at radius 2 is 1.77 bits per heavy atom. The van der Waals surface area contributed by atoms with E-state index in [2.05, 4.69) is 5.32 Å². The normalized spacial score (nSPS) is 27.4. The summed E-state index contributed by atoms with van der Waals surface area (Å²) in [6, 6.07) is 5.27. The number of primary amides is 1. The third-order valence-electron chi connectivity index (χ3n) is 8.22. The minimum absolute atomic E-state index is 0.151. The maximum Gasteiger partial charge on any atom is 0.419 e. The molecule has 2 heterocycles. The van der Waals surface area contributed by atoms with Gasteiger partial charge in [0, 0.05) is 19.5 Å². The molecule has 0 radical (unpaired) electrons.